The molecule has 0 bridgehead atoms. The van der Waals surface area contributed by atoms with Crippen molar-refractivity contribution in [3.63, 3.8) is 0 Å². The van der Waals surface area contributed by atoms with Crippen molar-refractivity contribution < 1.29 is 0 Å². The molecule has 2 atom stereocenters. The third-order valence-corrected chi connectivity index (χ3v) is 4.33. The summed E-state index contributed by atoms with van der Waals surface area (Å²) in [5, 5.41) is 3.57. The fourth-order valence-electron chi connectivity index (χ4n) is 3.16. The monoisotopic (exact) mass is 239 g/mol. The molecular weight excluding hydrogens is 210 g/mol. The predicted molar refractivity (Wildman–Crippen MR) is 73.3 cm³/mol. The molecule has 2 fully saturated rings. The lowest BCUT2D eigenvalue weighted by Crippen LogP contribution is -2.38. The molecule has 17 heavy (non-hydrogen) atoms. The molecule has 2 saturated heterocycles. The van der Waals surface area contributed by atoms with Crippen molar-refractivity contribution in [1.29, 1.82) is 0 Å². The number of nitrogens with one attached hydrogen (secondary N) is 1. The Bertz CT molecular complexity index is 230. The topological polar surface area (TPSA) is 18.5 Å². The standard InChI is InChI=1S/C14H29N3/c1-12(2)15-9-13-6-8-17(10-13)11-14-5-4-7-16(14)3/h12-15H,4-11H2,1-3H3. The lowest BCUT2D eigenvalue weighted by atomic mass is 10.1. The summed E-state index contributed by atoms with van der Waals surface area (Å²) < 4.78 is 0. The highest BCUT2D eigenvalue weighted by Crippen LogP contribution is 2.20. The maximum absolute atomic E-state index is 3.57. The van der Waals surface area contributed by atoms with Crippen molar-refractivity contribution in [3.05, 3.63) is 0 Å². The third-order valence-electron chi connectivity index (χ3n) is 4.33. The van der Waals surface area contributed by atoms with Gasteiger partial charge in [-0.05, 0) is 51.9 Å². The molecule has 0 saturated carbocycles. The molecule has 0 radical (unpaired) electrons. The molecule has 100 valence electrons. The Morgan fingerprint density at radius 1 is 1.24 bits per heavy atom. The quantitative estimate of drug-likeness (QED) is 0.782. The Morgan fingerprint density at radius 2 is 2.06 bits per heavy atom. The van der Waals surface area contributed by atoms with E-state index in [2.05, 4.69) is 36.0 Å². The fraction of sp³-hybridized carbons (Fsp3) is 1.00. The van der Waals surface area contributed by atoms with Crippen LogP contribution in [0.25, 0.3) is 0 Å². The summed E-state index contributed by atoms with van der Waals surface area (Å²) in [5.74, 6) is 0.879. The van der Waals surface area contributed by atoms with Gasteiger partial charge in [-0.15, -0.1) is 0 Å². The largest absolute Gasteiger partial charge is 0.314 e. The van der Waals surface area contributed by atoms with Crippen molar-refractivity contribution in [2.24, 2.45) is 5.92 Å². The first-order valence-electron chi connectivity index (χ1n) is 7.31. The number of rotatable bonds is 5. The SMILES string of the molecule is CC(C)NCC1CCN(CC2CCCN2C)C1. The Balaban J connectivity index is 1.67. The third kappa shape index (κ3) is 3.94. The number of nitrogens with zero attached hydrogens (tertiary/aromatic N) is 2. The summed E-state index contributed by atoms with van der Waals surface area (Å²) in [6, 6.07) is 1.46. The fourth-order valence-corrected chi connectivity index (χ4v) is 3.16. The number of likely N-dealkylation sites (N-methyl/N-ethyl adjacent to an activating group) is 1. The van der Waals surface area contributed by atoms with E-state index >= 15 is 0 Å². The molecule has 0 aromatic carbocycles. The zero-order valence-corrected chi connectivity index (χ0v) is 11.8. The Labute approximate surface area is 107 Å². The van der Waals surface area contributed by atoms with Gasteiger partial charge in [-0.3, -0.25) is 0 Å². The van der Waals surface area contributed by atoms with Crippen LogP contribution in [-0.2, 0) is 0 Å². The minimum absolute atomic E-state index is 0.630. The van der Waals surface area contributed by atoms with Crippen molar-refractivity contribution in [1.82, 2.24) is 15.1 Å². The van der Waals surface area contributed by atoms with E-state index in [0.29, 0.717) is 6.04 Å². The molecule has 0 aromatic heterocycles. The summed E-state index contributed by atoms with van der Waals surface area (Å²) in [7, 11) is 2.28. The van der Waals surface area contributed by atoms with E-state index in [4.69, 9.17) is 0 Å². The van der Waals surface area contributed by atoms with E-state index in [1.165, 1.54) is 52.0 Å². The van der Waals surface area contributed by atoms with Gasteiger partial charge in [-0.25, -0.2) is 0 Å². The highest BCUT2D eigenvalue weighted by Gasteiger charge is 2.27. The summed E-state index contributed by atoms with van der Waals surface area (Å²) >= 11 is 0. The predicted octanol–water partition coefficient (Wildman–Crippen LogP) is 1.40. The molecule has 0 amide bonds. The smallest absolute Gasteiger partial charge is 0.0220 e. The second kappa shape index (κ2) is 6.17. The van der Waals surface area contributed by atoms with Gasteiger partial charge in [0.25, 0.3) is 0 Å². The lowest BCUT2D eigenvalue weighted by molar-refractivity contribution is 0.215. The van der Waals surface area contributed by atoms with Gasteiger partial charge in [0.05, 0.1) is 0 Å². The van der Waals surface area contributed by atoms with Gasteiger partial charge in [0, 0.05) is 25.2 Å². The molecule has 2 unspecified atom stereocenters. The maximum atomic E-state index is 3.57. The lowest BCUT2D eigenvalue weighted by Gasteiger charge is -2.25. The van der Waals surface area contributed by atoms with E-state index in [1.54, 1.807) is 0 Å². The minimum atomic E-state index is 0.630. The Kier molecular flexibility index (Phi) is 4.83. The highest BCUT2D eigenvalue weighted by atomic mass is 15.2. The molecule has 2 heterocycles. The van der Waals surface area contributed by atoms with Gasteiger partial charge in [0.2, 0.25) is 0 Å². The normalized spacial score (nSPS) is 31.8. The van der Waals surface area contributed by atoms with Crippen molar-refractivity contribution >= 4 is 0 Å². The zero-order chi connectivity index (χ0) is 12.3. The van der Waals surface area contributed by atoms with E-state index in [9.17, 15) is 0 Å². The van der Waals surface area contributed by atoms with Gasteiger partial charge >= 0.3 is 0 Å². The van der Waals surface area contributed by atoms with Gasteiger partial charge < -0.3 is 15.1 Å². The van der Waals surface area contributed by atoms with Crippen molar-refractivity contribution in [2.75, 3.05) is 39.8 Å². The van der Waals surface area contributed by atoms with E-state index in [-0.39, 0.29) is 0 Å². The van der Waals surface area contributed by atoms with Crippen LogP contribution in [0.3, 0.4) is 0 Å². The van der Waals surface area contributed by atoms with Crippen molar-refractivity contribution in [2.45, 2.75) is 45.2 Å². The molecule has 1 N–H and O–H groups in total. The molecule has 2 aliphatic heterocycles. The first-order chi connectivity index (χ1) is 8.15. The summed E-state index contributed by atoms with van der Waals surface area (Å²) in [6.07, 6.45) is 4.19. The van der Waals surface area contributed by atoms with Crippen LogP contribution >= 0.6 is 0 Å². The molecular formula is C14H29N3. The van der Waals surface area contributed by atoms with Crippen LogP contribution in [0.1, 0.15) is 33.1 Å². The van der Waals surface area contributed by atoms with Gasteiger partial charge in [-0.2, -0.15) is 0 Å². The summed E-state index contributed by atoms with van der Waals surface area (Å²) in [4.78, 5) is 5.22. The average Bonchev–Trinajstić information content (AvgIpc) is 2.87. The number of hydrogen-bond acceptors (Lipinski definition) is 3. The van der Waals surface area contributed by atoms with E-state index < -0.39 is 0 Å². The summed E-state index contributed by atoms with van der Waals surface area (Å²) in [5.41, 5.74) is 0. The van der Waals surface area contributed by atoms with Crippen LogP contribution in [0.15, 0.2) is 0 Å². The van der Waals surface area contributed by atoms with Gasteiger partial charge in [0.15, 0.2) is 0 Å². The first kappa shape index (κ1) is 13.3. The zero-order valence-electron chi connectivity index (χ0n) is 11.8. The van der Waals surface area contributed by atoms with Crippen LogP contribution < -0.4 is 5.32 Å². The van der Waals surface area contributed by atoms with E-state index in [1.807, 2.05) is 0 Å². The van der Waals surface area contributed by atoms with Crippen LogP contribution in [0.2, 0.25) is 0 Å². The average molecular weight is 239 g/mol. The Morgan fingerprint density at radius 3 is 2.71 bits per heavy atom. The van der Waals surface area contributed by atoms with Gasteiger partial charge in [0.1, 0.15) is 0 Å². The second-order valence-corrected chi connectivity index (χ2v) is 6.25. The van der Waals surface area contributed by atoms with Crippen molar-refractivity contribution in [3.8, 4) is 0 Å². The summed E-state index contributed by atoms with van der Waals surface area (Å²) in [6.45, 7) is 10.9. The molecule has 3 heteroatoms. The van der Waals surface area contributed by atoms with Crippen LogP contribution in [0.5, 0.6) is 0 Å². The maximum Gasteiger partial charge on any atom is 0.0220 e. The molecule has 0 spiro atoms. The molecule has 0 aromatic rings. The van der Waals surface area contributed by atoms with Crippen LogP contribution in [-0.4, -0.2) is 61.7 Å². The highest BCUT2D eigenvalue weighted by molar-refractivity contribution is 4.84. The first-order valence-corrected chi connectivity index (χ1v) is 7.31. The molecule has 0 aliphatic carbocycles. The van der Waals surface area contributed by atoms with E-state index in [0.717, 1.165) is 12.0 Å². The second-order valence-electron chi connectivity index (χ2n) is 6.25. The Hall–Kier alpha value is -0.120. The molecule has 2 rings (SSSR count). The minimum Gasteiger partial charge on any atom is -0.314 e. The molecule has 2 aliphatic rings. The molecule has 3 nitrogen and oxygen atoms in total. The van der Waals surface area contributed by atoms with Crippen LogP contribution in [0.4, 0.5) is 0 Å². The number of hydrogen-bond donors (Lipinski definition) is 1. The van der Waals surface area contributed by atoms with Gasteiger partial charge in [-0.1, -0.05) is 13.8 Å². The number of likely N-dealkylation sites (tertiary alicyclic amines) is 2. The van der Waals surface area contributed by atoms with Crippen LogP contribution in [0, 0.1) is 5.92 Å².